The Kier molecular flexibility index (Phi) is 3.70. The van der Waals surface area contributed by atoms with Crippen LogP contribution in [0.5, 0.6) is 0 Å². The molecule has 4 rings (SSSR count). The zero-order valence-corrected chi connectivity index (χ0v) is 16.0. The third kappa shape index (κ3) is 2.09. The van der Waals surface area contributed by atoms with Crippen LogP contribution in [0.25, 0.3) is 0 Å². The normalized spacial score (nSPS) is 48.8. The molecule has 3 nitrogen and oxygen atoms in total. The highest BCUT2D eigenvalue weighted by Gasteiger charge is 2.65. The lowest BCUT2D eigenvalue weighted by atomic mass is 9.48. The van der Waals surface area contributed by atoms with Crippen molar-refractivity contribution < 1.29 is 14.7 Å². The van der Waals surface area contributed by atoms with E-state index >= 15 is 0 Å². The summed E-state index contributed by atoms with van der Waals surface area (Å²) in [6.45, 7) is 5.88. The van der Waals surface area contributed by atoms with Crippen molar-refractivity contribution in [2.45, 2.75) is 64.9 Å². The average molecular weight is 363 g/mol. The molecule has 4 heteroatoms. The average Bonchev–Trinajstić information content (AvgIpc) is 2.83. The SMILES string of the molecule is CC(=O)[C@]1(O)CC[C@@H]2[C@H]3C=C(Cl)C4=CC(=O)CC[C@]4(C)[C@@H]3CC[C@]21C. The molecule has 4 aliphatic rings. The van der Waals surface area contributed by atoms with Gasteiger partial charge in [0.25, 0.3) is 0 Å². The first-order chi connectivity index (χ1) is 11.6. The topological polar surface area (TPSA) is 54.4 Å². The van der Waals surface area contributed by atoms with Gasteiger partial charge in [-0.3, -0.25) is 9.59 Å². The molecule has 0 amide bonds. The fourth-order valence-corrected chi connectivity index (χ4v) is 7.08. The van der Waals surface area contributed by atoms with E-state index in [0.29, 0.717) is 23.8 Å². The van der Waals surface area contributed by atoms with E-state index in [1.54, 1.807) is 6.08 Å². The van der Waals surface area contributed by atoms with Gasteiger partial charge in [0, 0.05) is 16.9 Å². The predicted octanol–water partition coefficient (Wildman–Crippen LogP) is 4.18. The van der Waals surface area contributed by atoms with Gasteiger partial charge in [-0.2, -0.15) is 0 Å². The lowest BCUT2D eigenvalue weighted by molar-refractivity contribution is -0.156. The summed E-state index contributed by atoms with van der Waals surface area (Å²) in [4.78, 5) is 24.2. The number of allylic oxidation sites excluding steroid dienone is 4. The summed E-state index contributed by atoms with van der Waals surface area (Å²) in [7, 11) is 0. The van der Waals surface area contributed by atoms with Gasteiger partial charge in [0.1, 0.15) is 5.60 Å². The second-order valence-electron chi connectivity index (χ2n) is 9.16. The molecule has 136 valence electrons. The van der Waals surface area contributed by atoms with E-state index < -0.39 is 5.60 Å². The Morgan fingerprint density at radius 3 is 2.56 bits per heavy atom. The number of ketones is 2. The predicted molar refractivity (Wildman–Crippen MR) is 97.0 cm³/mol. The minimum atomic E-state index is -1.21. The molecular weight excluding hydrogens is 336 g/mol. The Labute approximate surface area is 154 Å². The highest BCUT2D eigenvalue weighted by molar-refractivity contribution is 6.32. The Bertz CT molecular complexity index is 723. The largest absolute Gasteiger partial charge is 0.382 e. The summed E-state index contributed by atoms with van der Waals surface area (Å²) >= 11 is 6.65. The highest BCUT2D eigenvalue weighted by atomic mass is 35.5. The standard InChI is InChI=1S/C21H27ClO3/c1-12(23)21(25)9-6-16-14-11-18(22)17-10-13(24)4-7-19(17,2)15(14)5-8-20(16,21)3/h10-11,14-16,25H,4-9H2,1-3H3/t14-,15+,16+,19+,20+,21+/m0/s1. The Hall–Kier alpha value is -0.930. The van der Waals surface area contributed by atoms with Gasteiger partial charge in [-0.15, -0.1) is 0 Å². The number of fused-ring (bicyclic) bond motifs is 5. The fraction of sp³-hybridized carbons (Fsp3) is 0.714. The minimum absolute atomic E-state index is 0.0668. The number of hydrogen-bond donors (Lipinski definition) is 1. The van der Waals surface area contributed by atoms with E-state index in [2.05, 4.69) is 19.9 Å². The third-order valence-electron chi connectivity index (χ3n) is 8.29. The van der Waals surface area contributed by atoms with Crippen molar-refractivity contribution in [3.63, 3.8) is 0 Å². The van der Waals surface area contributed by atoms with Crippen LogP contribution < -0.4 is 0 Å². The zero-order chi connectivity index (χ0) is 18.2. The van der Waals surface area contributed by atoms with Gasteiger partial charge < -0.3 is 5.11 Å². The summed E-state index contributed by atoms with van der Waals surface area (Å²) in [6, 6.07) is 0. The summed E-state index contributed by atoms with van der Waals surface area (Å²) in [6.07, 6.45) is 8.57. The van der Waals surface area contributed by atoms with E-state index in [1.807, 2.05) is 0 Å². The molecule has 0 heterocycles. The van der Waals surface area contributed by atoms with E-state index in [-0.39, 0.29) is 34.2 Å². The molecular formula is C21H27ClO3. The lowest BCUT2D eigenvalue weighted by Gasteiger charge is -2.57. The summed E-state index contributed by atoms with van der Waals surface area (Å²) in [5, 5.41) is 11.9. The van der Waals surface area contributed by atoms with Gasteiger partial charge in [-0.1, -0.05) is 31.5 Å². The van der Waals surface area contributed by atoms with Crippen molar-refractivity contribution in [1.82, 2.24) is 0 Å². The molecule has 0 unspecified atom stereocenters. The second-order valence-corrected chi connectivity index (χ2v) is 9.57. The molecule has 6 atom stereocenters. The molecule has 0 aliphatic heterocycles. The number of hydrogen-bond acceptors (Lipinski definition) is 3. The molecule has 0 aromatic carbocycles. The van der Waals surface area contributed by atoms with Crippen LogP contribution in [-0.4, -0.2) is 22.3 Å². The highest BCUT2D eigenvalue weighted by Crippen LogP contribution is 2.67. The molecule has 4 aliphatic carbocycles. The van der Waals surface area contributed by atoms with Gasteiger partial charge in [0.15, 0.2) is 11.6 Å². The number of aliphatic hydroxyl groups is 1. The molecule has 2 fully saturated rings. The van der Waals surface area contributed by atoms with Gasteiger partial charge in [0.05, 0.1) is 0 Å². The summed E-state index contributed by atoms with van der Waals surface area (Å²) in [5.74, 6) is 1.04. The smallest absolute Gasteiger partial charge is 0.161 e. The van der Waals surface area contributed by atoms with Crippen molar-refractivity contribution in [2.24, 2.45) is 28.6 Å². The lowest BCUT2D eigenvalue weighted by Crippen LogP contribution is -2.56. The monoisotopic (exact) mass is 362 g/mol. The van der Waals surface area contributed by atoms with Gasteiger partial charge >= 0.3 is 0 Å². The van der Waals surface area contributed by atoms with E-state index in [4.69, 9.17) is 11.6 Å². The van der Waals surface area contributed by atoms with E-state index in [9.17, 15) is 14.7 Å². The first-order valence-electron chi connectivity index (χ1n) is 9.49. The molecule has 0 aromatic rings. The van der Waals surface area contributed by atoms with Crippen molar-refractivity contribution in [1.29, 1.82) is 0 Å². The van der Waals surface area contributed by atoms with Crippen molar-refractivity contribution in [3.05, 3.63) is 22.8 Å². The maximum atomic E-state index is 12.2. The first kappa shape index (κ1) is 17.5. The van der Waals surface area contributed by atoms with Crippen molar-refractivity contribution >= 4 is 23.2 Å². The first-order valence-corrected chi connectivity index (χ1v) is 9.87. The van der Waals surface area contributed by atoms with Crippen molar-refractivity contribution in [3.8, 4) is 0 Å². The number of carbonyl (C=O) groups excluding carboxylic acids is 2. The van der Waals surface area contributed by atoms with Gasteiger partial charge in [0.2, 0.25) is 0 Å². The molecule has 2 saturated carbocycles. The second kappa shape index (κ2) is 5.29. The number of rotatable bonds is 1. The minimum Gasteiger partial charge on any atom is -0.382 e. The van der Waals surface area contributed by atoms with Crippen LogP contribution in [0.4, 0.5) is 0 Å². The maximum absolute atomic E-state index is 12.2. The summed E-state index contributed by atoms with van der Waals surface area (Å²) in [5.41, 5.74) is -0.643. The van der Waals surface area contributed by atoms with Gasteiger partial charge in [-0.25, -0.2) is 0 Å². The summed E-state index contributed by atoms with van der Waals surface area (Å²) < 4.78 is 0. The van der Waals surface area contributed by atoms with Crippen LogP contribution in [-0.2, 0) is 9.59 Å². The molecule has 0 saturated heterocycles. The van der Waals surface area contributed by atoms with Crippen LogP contribution in [0, 0.1) is 28.6 Å². The molecule has 0 radical (unpaired) electrons. The Balaban J connectivity index is 1.80. The van der Waals surface area contributed by atoms with Crippen LogP contribution in [0.15, 0.2) is 22.8 Å². The fourth-order valence-electron chi connectivity index (χ4n) is 6.67. The van der Waals surface area contributed by atoms with Gasteiger partial charge in [-0.05, 0) is 73.8 Å². The molecule has 25 heavy (non-hydrogen) atoms. The Morgan fingerprint density at radius 2 is 1.88 bits per heavy atom. The quantitative estimate of drug-likeness (QED) is 0.761. The molecule has 0 aromatic heterocycles. The molecule has 0 bridgehead atoms. The van der Waals surface area contributed by atoms with Crippen LogP contribution in [0.2, 0.25) is 0 Å². The molecule has 1 N–H and O–H groups in total. The third-order valence-corrected chi connectivity index (χ3v) is 8.62. The maximum Gasteiger partial charge on any atom is 0.161 e. The van der Waals surface area contributed by atoms with Crippen LogP contribution >= 0.6 is 11.6 Å². The number of halogens is 1. The Morgan fingerprint density at radius 1 is 1.20 bits per heavy atom. The zero-order valence-electron chi connectivity index (χ0n) is 15.3. The van der Waals surface area contributed by atoms with E-state index in [1.165, 1.54) is 6.92 Å². The van der Waals surface area contributed by atoms with Crippen molar-refractivity contribution in [2.75, 3.05) is 0 Å². The van der Waals surface area contributed by atoms with E-state index in [0.717, 1.165) is 31.3 Å². The molecule has 0 spiro atoms. The number of Topliss-reactive ketones (excluding diaryl/α,β-unsaturated/α-hetero) is 1. The number of carbonyl (C=O) groups is 2. The van der Waals surface area contributed by atoms with Crippen LogP contribution in [0.3, 0.4) is 0 Å². The van der Waals surface area contributed by atoms with Crippen LogP contribution in [0.1, 0.15) is 59.3 Å².